The van der Waals surface area contributed by atoms with E-state index in [4.69, 9.17) is 5.73 Å². The average Bonchev–Trinajstić information content (AvgIpc) is 3.02. The highest BCUT2D eigenvalue weighted by atomic mass is 16.3. The van der Waals surface area contributed by atoms with Gasteiger partial charge in [-0.3, -0.25) is 14.4 Å². The molecule has 0 radical (unpaired) electrons. The molecule has 0 saturated carbocycles. The van der Waals surface area contributed by atoms with Crippen molar-refractivity contribution in [2.45, 2.75) is 38.0 Å². The van der Waals surface area contributed by atoms with Gasteiger partial charge in [-0.15, -0.1) is 0 Å². The first kappa shape index (κ1) is 17.0. The predicted octanol–water partition coefficient (Wildman–Crippen LogP) is -0.358. The van der Waals surface area contributed by atoms with Crippen molar-refractivity contribution in [2.24, 2.45) is 5.73 Å². The van der Waals surface area contributed by atoms with Gasteiger partial charge in [0, 0.05) is 12.1 Å². The molecule has 0 aromatic heterocycles. The van der Waals surface area contributed by atoms with Crippen molar-refractivity contribution >= 4 is 17.7 Å². The molecular formula is C16H21N3O4. The molecule has 0 spiro atoms. The van der Waals surface area contributed by atoms with Crippen molar-refractivity contribution in [2.75, 3.05) is 6.54 Å². The molecule has 0 bridgehead atoms. The summed E-state index contributed by atoms with van der Waals surface area (Å²) in [7, 11) is 0. The van der Waals surface area contributed by atoms with Crippen molar-refractivity contribution in [3.63, 3.8) is 0 Å². The number of benzene rings is 1. The molecule has 1 aliphatic heterocycles. The lowest BCUT2D eigenvalue weighted by atomic mass is 10.1. The molecule has 1 saturated heterocycles. The lowest BCUT2D eigenvalue weighted by Crippen LogP contribution is -2.56. The number of aliphatic hydroxyl groups is 1. The molecular weight excluding hydrogens is 298 g/mol. The lowest BCUT2D eigenvalue weighted by Gasteiger charge is -2.29. The van der Waals surface area contributed by atoms with Crippen LogP contribution in [0.4, 0.5) is 0 Å². The van der Waals surface area contributed by atoms with Crippen LogP contribution in [0.25, 0.3) is 0 Å². The zero-order valence-electron chi connectivity index (χ0n) is 12.9. The second-order valence-corrected chi connectivity index (χ2v) is 5.65. The van der Waals surface area contributed by atoms with Crippen LogP contribution in [-0.4, -0.2) is 52.5 Å². The van der Waals surface area contributed by atoms with Gasteiger partial charge in [0.15, 0.2) is 0 Å². The fourth-order valence-corrected chi connectivity index (χ4v) is 2.71. The molecule has 1 fully saturated rings. The van der Waals surface area contributed by atoms with E-state index in [1.165, 1.54) is 11.8 Å². The van der Waals surface area contributed by atoms with Crippen molar-refractivity contribution in [3.05, 3.63) is 35.9 Å². The van der Waals surface area contributed by atoms with Crippen molar-refractivity contribution in [1.82, 2.24) is 10.2 Å². The van der Waals surface area contributed by atoms with Gasteiger partial charge < -0.3 is 21.1 Å². The number of hydrogen-bond acceptors (Lipinski definition) is 4. The summed E-state index contributed by atoms with van der Waals surface area (Å²) in [4.78, 5) is 37.6. The number of primary amides is 1. The van der Waals surface area contributed by atoms with E-state index < -0.39 is 35.9 Å². The Morgan fingerprint density at radius 3 is 2.52 bits per heavy atom. The van der Waals surface area contributed by atoms with Crippen LogP contribution in [0.5, 0.6) is 0 Å². The minimum atomic E-state index is -1.12. The molecule has 3 amide bonds. The normalized spacial score (nSPS) is 19.9. The van der Waals surface area contributed by atoms with Gasteiger partial charge in [-0.25, -0.2) is 0 Å². The first-order chi connectivity index (χ1) is 10.9. The number of amides is 3. The number of carbonyl (C=O) groups excluding carboxylic acids is 3. The van der Waals surface area contributed by atoms with E-state index in [1.807, 2.05) is 0 Å². The third kappa shape index (κ3) is 3.87. The molecule has 1 aromatic rings. The highest BCUT2D eigenvalue weighted by molar-refractivity contribution is 5.98. The monoisotopic (exact) mass is 319 g/mol. The second-order valence-electron chi connectivity index (χ2n) is 5.65. The summed E-state index contributed by atoms with van der Waals surface area (Å²) in [5.41, 5.74) is 5.70. The van der Waals surface area contributed by atoms with Gasteiger partial charge in [0.25, 0.3) is 5.91 Å². The number of hydrogen-bond donors (Lipinski definition) is 3. The Balaban J connectivity index is 2.13. The van der Waals surface area contributed by atoms with Crippen LogP contribution in [0.15, 0.2) is 30.3 Å². The fraction of sp³-hybridized carbons (Fsp3) is 0.438. The van der Waals surface area contributed by atoms with E-state index in [9.17, 15) is 19.5 Å². The Morgan fingerprint density at radius 2 is 1.96 bits per heavy atom. The molecule has 1 aromatic carbocycles. The van der Waals surface area contributed by atoms with Crippen molar-refractivity contribution < 1.29 is 19.5 Å². The summed E-state index contributed by atoms with van der Waals surface area (Å²) in [6, 6.07) is 6.60. The lowest BCUT2D eigenvalue weighted by molar-refractivity contribution is -0.140. The Labute approximate surface area is 134 Å². The third-order valence-electron chi connectivity index (χ3n) is 3.94. The van der Waals surface area contributed by atoms with Gasteiger partial charge in [-0.1, -0.05) is 18.2 Å². The van der Waals surface area contributed by atoms with E-state index in [2.05, 4.69) is 5.32 Å². The highest BCUT2D eigenvalue weighted by Gasteiger charge is 2.38. The van der Waals surface area contributed by atoms with Crippen LogP contribution in [-0.2, 0) is 9.59 Å². The largest absolute Gasteiger partial charge is 0.391 e. The topological polar surface area (TPSA) is 113 Å². The first-order valence-electron chi connectivity index (χ1n) is 7.55. The number of aliphatic hydroxyl groups excluding tert-OH is 1. The van der Waals surface area contributed by atoms with Crippen LogP contribution in [0.2, 0.25) is 0 Å². The maximum Gasteiger partial charge on any atom is 0.252 e. The van der Waals surface area contributed by atoms with Crippen molar-refractivity contribution in [1.29, 1.82) is 0 Å². The highest BCUT2D eigenvalue weighted by Crippen LogP contribution is 2.19. The molecule has 23 heavy (non-hydrogen) atoms. The molecule has 7 heteroatoms. The quantitative estimate of drug-likeness (QED) is 0.688. The molecule has 3 atom stereocenters. The minimum absolute atomic E-state index is 0.386. The number of rotatable bonds is 5. The maximum absolute atomic E-state index is 12.6. The van der Waals surface area contributed by atoms with Crippen LogP contribution in [0, 0.1) is 0 Å². The van der Waals surface area contributed by atoms with Crippen molar-refractivity contribution in [3.8, 4) is 0 Å². The first-order valence-corrected chi connectivity index (χ1v) is 7.55. The molecule has 7 nitrogen and oxygen atoms in total. The van der Waals surface area contributed by atoms with Crippen LogP contribution >= 0.6 is 0 Å². The summed E-state index contributed by atoms with van der Waals surface area (Å²) in [5.74, 6) is -1.53. The summed E-state index contributed by atoms with van der Waals surface area (Å²) in [5, 5.41) is 12.4. The Bertz CT molecular complexity index is 588. The third-order valence-corrected chi connectivity index (χ3v) is 3.94. The molecule has 0 aliphatic carbocycles. The second kappa shape index (κ2) is 7.23. The molecule has 1 heterocycles. The summed E-state index contributed by atoms with van der Waals surface area (Å²) in [6.07, 6.45) is 0.0722. The molecule has 1 aliphatic rings. The number of carbonyl (C=O) groups is 3. The maximum atomic E-state index is 12.6. The predicted molar refractivity (Wildman–Crippen MR) is 83.3 cm³/mol. The van der Waals surface area contributed by atoms with Gasteiger partial charge in [0.2, 0.25) is 11.8 Å². The van der Waals surface area contributed by atoms with Gasteiger partial charge in [-0.05, 0) is 31.9 Å². The molecule has 1 unspecified atom stereocenters. The van der Waals surface area contributed by atoms with E-state index in [0.29, 0.717) is 24.9 Å². The Kier molecular flexibility index (Phi) is 5.33. The van der Waals surface area contributed by atoms with E-state index in [-0.39, 0.29) is 0 Å². The van der Waals surface area contributed by atoms with Crippen LogP contribution in [0.3, 0.4) is 0 Å². The summed E-state index contributed by atoms with van der Waals surface area (Å²) < 4.78 is 0. The SMILES string of the molecule is C[C@H](O)[C@@H](NC(=O)c1ccccc1)C(=O)N1CCCC1C(N)=O. The van der Waals surface area contributed by atoms with Crippen LogP contribution < -0.4 is 11.1 Å². The number of nitrogens with one attached hydrogen (secondary N) is 1. The minimum Gasteiger partial charge on any atom is -0.391 e. The number of nitrogens with zero attached hydrogens (tertiary/aromatic N) is 1. The molecule has 2 rings (SSSR count). The van der Waals surface area contributed by atoms with E-state index in [0.717, 1.165) is 0 Å². The van der Waals surface area contributed by atoms with E-state index >= 15 is 0 Å². The average molecular weight is 319 g/mol. The number of nitrogens with two attached hydrogens (primary N) is 1. The van der Waals surface area contributed by atoms with Gasteiger partial charge >= 0.3 is 0 Å². The summed E-state index contributed by atoms with van der Waals surface area (Å²) in [6.45, 7) is 1.81. The van der Waals surface area contributed by atoms with E-state index in [1.54, 1.807) is 30.3 Å². The Morgan fingerprint density at radius 1 is 1.30 bits per heavy atom. The zero-order valence-corrected chi connectivity index (χ0v) is 12.9. The summed E-state index contributed by atoms with van der Waals surface area (Å²) >= 11 is 0. The standard InChI is InChI=1S/C16H21N3O4/c1-10(20)13(18-15(22)11-6-3-2-4-7-11)16(23)19-9-5-8-12(19)14(17)21/h2-4,6-7,10,12-13,20H,5,8-9H2,1H3,(H2,17,21)(H,18,22)/t10-,12?,13+/m0/s1. The van der Waals surface area contributed by atoms with Gasteiger partial charge in [-0.2, -0.15) is 0 Å². The zero-order chi connectivity index (χ0) is 17.0. The molecule has 4 N–H and O–H groups in total. The van der Waals surface area contributed by atoms with Gasteiger partial charge in [0.1, 0.15) is 12.1 Å². The molecule has 124 valence electrons. The smallest absolute Gasteiger partial charge is 0.252 e. The van der Waals surface area contributed by atoms with Gasteiger partial charge in [0.05, 0.1) is 6.10 Å². The van der Waals surface area contributed by atoms with Crippen LogP contribution in [0.1, 0.15) is 30.1 Å². The Hall–Kier alpha value is -2.41. The number of likely N-dealkylation sites (tertiary alicyclic amines) is 1. The fourth-order valence-electron chi connectivity index (χ4n) is 2.71.